The van der Waals surface area contributed by atoms with Gasteiger partial charge in [0.2, 0.25) is 5.91 Å². The van der Waals surface area contributed by atoms with Crippen LogP contribution in [0.4, 0.5) is 0 Å². The number of rotatable bonds is 5. The van der Waals surface area contributed by atoms with Crippen LogP contribution in [0.2, 0.25) is 0 Å². The molecule has 0 bridgehead atoms. The van der Waals surface area contributed by atoms with E-state index in [0.717, 1.165) is 0 Å². The van der Waals surface area contributed by atoms with Gasteiger partial charge < -0.3 is 11.1 Å². The highest BCUT2D eigenvalue weighted by atomic mass is 16.1. The zero-order chi connectivity index (χ0) is 12.9. The lowest BCUT2D eigenvalue weighted by Gasteiger charge is -2.27. The highest BCUT2D eigenvalue weighted by Crippen LogP contribution is 2.27. The number of amides is 1. The van der Waals surface area contributed by atoms with Gasteiger partial charge in [-0.2, -0.15) is 0 Å². The molecular formula is C13H28N2O. The maximum absolute atomic E-state index is 11.7. The van der Waals surface area contributed by atoms with Gasteiger partial charge in [0.15, 0.2) is 0 Å². The predicted molar refractivity (Wildman–Crippen MR) is 69.1 cm³/mol. The highest BCUT2D eigenvalue weighted by Gasteiger charge is 2.22. The van der Waals surface area contributed by atoms with E-state index in [0.29, 0.717) is 24.8 Å². The Morgan fingerprint density at radius 2 is 1.75 bits per heavy atom. The Morgan fingerprint density at radius 3 is 2.12 bits per heavy atom. The summed E-state index contributed by atoms with van der Waals surface area (Å²) in [6.45, 7) is 13.3. The molecule has 0 aromatic heterocycles. The highest BCUT2D eigenvalue weighted by molar-refractivity contribution is 5.76. The summed E-state index contributed by atoms with van der Waals surface area (Å²) in [4.78, 5) is 11.7. The molecule has 0 aromatic carbocycles. The van der Waals surface area contributed by atoms with Crippen LogP contribution in [-0.2, 0) is 4.79 Å². The summed E-state index contributed by atoms with van der Waals surface area (Å²) in [7, 11) is 0. The normalized spacial score (nSPS) is 16.0. The fourth-order valence-electron chi connectivity index (χ4n) is 1.12. The van der Waals surface area contributed by atoms with E-state index in [1.54, 1.807) is 0 Å². The number of nitrogens with two attached hydrogens (primary N) is 1. The summed E-state index contributed by atoms with van der Waals surface area (Å²) < 4.78 is 0. The van der Waals surface area contributed by atoms with Gasteiger partial charge in [-0.1, -0.05) is 41.5 Å². The quantitative estimate of drug-likeness (QED) is 0.757. The summed E-state index contributed by atoms with van der Waals surface area (Å²) in [5.74, 6) is 0.890. The summed E-state index contributed by atoms with van der Waals surface area (Å²) in [6.07, 6.45) is 0.578. The summed E-state index contributed by atoms with van der Waals surface area (Å²) in [5.41, 5.74) is 6.04. The minimum absolute atomic E-state index is 0.0499. The molecule has 3 heteroatoms. The van der Waals surface area contributed by atoms with Crippen LogP contribution in [0, 0.1) is 17.3 Å². The Labute approximate surface area is 100 Å². The van der Waals surface area contributed by atoms with Gasteiger partial charge in [-0.05, 0) is 17.3 Å². The van der Waals surface area contributed by atoms with Crippen LogP contribution in [0.3, 0.4) is 0 Å². The van der Waals surface area contributed by atoms with Crippen LogP contribution < -0.4 is 11.1 Å². The molecule has 0 aliphatic heterocycles. The minimum Gasteiger partial charge on any atom is -0.355 e. The molecule has 0 rings (SSSR count). The lowest BCUT2D eigenvalue weighted by atomic mass is 9.80. The standard InChI is InChI=1S/C13H28N2O/c1-9(2)11(14)8-15-12(16)7-10(3)13(4,5)6/h9-11H,7-8,14H2,1-6H3,(H,15,16). The first-order valence-electron chi connectivity index (χ1n) is 6.17. The largest absolute Gasteiger partial charge is 0.355 e. The molecule has 96 valence electrons. The first-order valence-corrected chi connectivity index (χ1v) is 6.17. The van der Waals surface area contributed by atoms with E-state index >= 15 is 0 Å². The molecule has 0 heterocycles. The van der Waals surface area contributed by atoms with Crippen molar-refractivity contribution in [2.45, 2.75) is 54.0 Å². The van der Waals surface area contributed by atoms with Crippen molar-refractivity contribution in [3.05, 3.63) is 0 Å². The van der Waals surface area contributed by atoms with Gasteiger partial charge in [0.1, 0.15) is 0 Å². The van der Waals surface area contributed by atoms with Crippen LogP contribution in [0.15, 0.2) is 0 Å². The van der Waals surface area contributed by atoms with Crippen LogP contribution in [0.5, 0.6) is 0 Å². The lowest BCUT2D eigenvalue weighted by molar-refractivity contribution is -0.122. The third-order valence-electron chi connectivity index (χ3n) is 3.36. The van der Waals surface area contributed by atoms with Gasteiger partial charge in [-0.15, -0.1) is 0 Å². The second kappa shape index (κ2) is 6.24. The third-order valence-corrected chi connectivity index (χ3v) is 3.36. The molecule has 0 radical (unpaired) electrons. The maximum Gasteiger partial charge on any atom is 0.220 e. The van der Waals surface area contributed by atoms with Gasteiger partial charge in [0.05, 0.1) is 0 Å². The summed E-state index contributed by atoms with van der Waals surface area (Å²) in [6, 6.07) is 0.0499. The smallest absolute Gasteiger partial charge is 0.220 e. The Bertz CT molecular complexity index is 218. The SMILES string of the molecule is CC(C)C(N)CNC(=O)CC(C)C(C)(C)C. The van der Waals surface area contributed by atoms with E-state index in [-0.39, 0.29) is 17.4 Å². The van der Waals surface area contributed by atoms with Gasteiger partial charge >= 0.3 is 0 Å². The number of carbonyl (C=O) groups excluding carboxylic acids is 1. The Hall–Kier alpha value is -0.570. The molecule has 3 nitrogen and oxygen atoms in total. The first kappa shape index (κ1) is 15.4. The van der Waals surface area contributed by atoms with Gasteiger partial charge in [-0.3, -0.25) is 4.79 Å². The molecular weight excluding hydrogens is 200 g/mol. The predicted octanol–water partition coefficient (Wildman–Crippen LogP) is 2.16. The molecule has 0 saturated carbocycles. The Kier molecular flexibility index (Phi) is 6.01. The van der Waals surface area contributed by atoms with Crippen LogP contribution in [0.25, 0.3) is 0 Å². The van der Waals surface area contributed by atoms with Crippen molar-refractivity contribution in [2.75, 3.05) is 6.54 Å². The molecule has 0 saturated heterocycles. The monoisotopic (exact) mass is 228 g/mol. The molecule has 0 aliphatic rings. The molecule has 16 heavy (non-hydrogen) atoms. The molecule has 3 N–H and O–H groups in total. The first-order chi connectivity index (χ1) is 7.14. The summed E-state index contributed by atoms with van der Waals surface area (Å²) in [5, 5.41) is 2.90. The Balaban J connectivity index is 3.92. The zero-order valence-corrected chi connectivity index (χ0v) is 11.6. The van der Waals surface area contributed by atoms with Crippen molar-refractivity contribution in [2.24, 2.45) is 23.0 Å². The number of hydrogen-bond donors (Lipinski definition) is 2. The van der Waals surface area contributed by atoms with Gasteiger partial charge in [-0.25, -0.2) is 0 Å². The average Bonchev–Trinajstić information content (AvgIpc) is 2.12. The number of hydrogen-bond acceptors (Lipinski definition) is 2. The molecule has 0 aromatic rings. The van der Waals surface area contributed by atoms with Crippen molar-refractivity contribution in [3.63, 3.8) is 0 Å². The van der Waals surface area contributed by atoms with E-state index in [1.165, 1.54) is 0 Å². The lowest BCUT2D eigenvalue weighted by Crippen LogP contribution is -2.41. The van der Waals surface area contributed by atoms with Crippen molar-refractivity contribution < 1.29 is 4.79 Å². The van der Waals surface area contributed by atoms with E-state index in [4.69, 9.17) is 5.73 Å². The average molecular weight is 228 g/mol. The fourth-order valence-corrected chi connectivity index (χ4v) is 1.12. The molecule has 0 spiro atoms. The van der Waals surface area contributed by atoms with E-state index < -0.39 is 0 Å². The van der Waals surface area contributed by atoms with E-state index in [9.17, 15) is 4.79 Å². The van der Waals surface area contributed by atoms with Crippen molar-refractivity contribution >= 4 is 5.91 Å². The Morgan fingerprint density at radius 1 is 1.25 bits per heavy atom. The number of nitrogens with one attached hydrogen (secondary N) is 1. The summed E-state index contributed by atoms with van der Waals surface area (Å²) >= 11 is 0. The molecule has 2 unspecified atom stereocenters. The van der Waals surface area contributed by atoms with Gasteiger partial charge in [0, 0.05) is 19.0 Å². The van der Waals surface area contributed by atoms with Crippen LogP contribution >= 0.6 is 0 Å². The fraction of sp³-hybridized carbons (Fsp3) is 0.923. The maximum atomic E-state index is 11.7. The zero-order valence-electron chi connectivity index (χ0n) is 11.6. The molecule has 0 fully saturated rings. The molecule has 2 atom stereocenters. The third kappa shape index (κ3) is 6.11. The van der Waals surface area contributed by atoms with Crippen LogP contribution in [0.1, 0.15) is 48.0 Å². The van der Waals surface area contributed by atoms with Gasteiger partial charge in [0.25, 0.3) is 0 Å². The number of carbonyl (C=O) groups is 1. The second-order valence-corrected chi connectivity index (χ2v) is 6.18. The molecule has 1 amide bonds. The van der Waals surface area contributed by atoms with Crippen molar-refractivity contribution in [1.82, 2.24) is 5.32 Å². The van der Waals surface area contributed by atoms with Crippen molar-refractivity contribution in [3.8, 4) is 0 Å². The van der Waals surface area contributed by atoms with E-state index in [1.807, 2.05) is 0 Å². The second-order valence-electron chi connectivity index (χ2n) is 6.18. The van der Waals surface area contributed by atoms with E-state index in [2.05, 4.69) is 46.9 Å². The minimum atomic E-state index is 0.0499. The molecule has 0 aliphatic carbocycles. The van der Waals surface area contributed by atoms with Crippen LogP contribution in [-0.4, -0.2) is 18.5 Å². The topological polar surface area (TPSA) is 55.1 Å². The van der Waals surface area contributed by atoms with Crippen molar-refractivity contribution in [1.29, 1.82) is 0 Å².